The first kappa shape index (κ1) is 15.6. The molecule has 2 aromatic carbocycles. The second-order valence-corrected chi connectivity index (χ2v) is 5.61. The van der Waals surface area contributed by atoms with Crippen molar-refractivity contribution in [1.82, 2.24) is 0 Å². The third-order valence-electron chi connectivity index (χ3n) is 4.07. The van der Waals surface area contributed by atoms with Crippen LogP contribution in [0.25, 0.3) is 0 Å². The minimum atomic E-state index is -0.129. The van der Waals surface area contributed by atoms with Gasteiger partial charge in [0.05, 0.1) is 6.04 Å². The third kappa shape index (κ3) is 3.85. The molecule has 21 heavy (non-hydrogen) atoms. The van der Waals surface area contributed by atoms with E-state index in [1.54, 1.807) is 0 Å². The average Bonchev–Trinajstić information content (AvgIpc) is 2.54. The molecule has 0 radical (unpaired) electrons. The first-order chi connectivity index (χ1) is 10.1. The van der Waals surface area contributed by atoms with Crippen molar-refractivity contribution in [2.24, 2.45) is 5.73 Å². The Labute approximate surface area is 127 Å². The van der Waals surface area contributed by atoms with Crippen molar-refractivity contribution in [3.8, 4) is 5.75 Å². The Morgan fingerprint density at radius 2 is 1.57 bits per heavy atom. The normalized spacial score (nSPS) is 15.2. The lowest BCUT2D eigenvalue weighted by Gasteiger charge is -2.24. The van der Waals surface area contributed by atoms with Crippen LogP contribution in [-0.4, -0.2) is 6.10 Å². The molecule has 3 unspecified atom stereocenters. The highest BCUT2D eigenvalue weighted by Crippen LogP contribution is 2.30. The summed E-state index contributed by atoms with van der Waals surface area (Å²) < 4.78 is 6.16. The number of hydrogen-bond acceptors (Lipinski definition) is 2. The molecule has 2 heteroatoms. The molecule has 0 saturated heterocycles. The molecule has 2 nitrogen and oxygen atoms in total. The second-order valence-electron chi connectivity index (χ2n) is 5.61. The molecule has 2 rings (SSSR count). The number of ether oxygens (including phenoxy) is 1. The van der Waals surface area contributed by atoms with E-state index in [4.69, 9.17) is 10.5 Å². The molecule has 0 aliphatic rings. The standard InChI is InChI=1S/C19H25NO/c1-4-14(2)17-12-8-9-13-18(17)21-15(3)19(20)16-10-6-5-7-11-16/h5-15,19H,4,20H2,1-3H3. The van der Waals surface area contributed by atoms with Gasteiger partial charge in [0.2, 0.25) is 0 Å². The van der Waals surface area contributed by atoms with E-state index in [0.717, 1.165) is 17.7 Å². The van der Waals surface area contributed by atoms with Crippen LogP contribution in [0.5, 0.6) is 5.75 Å². The van der Waals surface area contributed by atoms with Gasteiger partial charge in [-0.25, -0.2) is 0 Å². The smallest absolute Gasteiger partial charge is 0.123 e. The van der Waals surface area contributed by atoms with Gasteiger partial charge in [-0.1, -0.05) is 62.4 Å². The van der Waals surface area contributed by atoms with Crippen molar-refractivity contribution in [3.05, 3.63) is 65.7 Å². The zero-order chi connectivity index (χ0) is 15.2. The van der Waals surface area contributed by atoms with E-state index < -0.39 is 0 Å². The molecule has 0 aliphatic carbocycles. The summed E-state index contributed by atoms with van der Waals surface area (Å²) in [6, 6.07) is 18.2. The molecular weight excluding hydrogens is 258 g/mol. The van der Waals surface area contributed by atoms with Gasteiger partial charge in [0, 0.05) is 0 Å². The number of hydrogen-bond donors (Lipinski definition) is 1. The van der Waals surface area contributed by atoms with E-state index in [2.05, 4.69) is 26.0 Å². The van der Waals surface area contributed by atoms with Gasteiger partial charge < -0.3 is 10.5 Å². The predicted molar refractivity (Wildman–Crippen MR) is 88.6 cm³/mol. The van der Waals surface area contributed by atoms with Crippen molar-refractivity contribution in [3.63, 3.8) is 0 Å². The van der Waals surface area contributed by atoms with Crippen LogP contribution >= 0.6 is 0 Å². The van der Waals surface area contributed by atoms with Crippen LogP contribution in [0.4, 0.5) is 0 Å². The lowest BCUT2D eigenvalue weighted by Crippen LogP contribution is -2.29. The van der Waals surface area contributed by atoms with Crippen LogP contribution in [0, 0.1) is 0 Å². The molecule has 112 valence electrons. The summed E-state index contributed by atoms with van der Waals surface area (Å²) in [6.45, 7) is 6.45. The molecular formula is C19H25NO. The summed E-state index contributed by atoms with van der Waals surface area (Å²) in [5.74, 6) is 1.44. The summed E-state index contributed by atoms with van der Waals surface area (Å²) in [7, 11) is 0. The van der Waals surface area contributed by atoms with Crippen LogP contribution < -0.4 is 10.5 Å². The molecule has 0 fully saturated rings. The zero-order valence-corrected chi connectivity index (χ0v) is 13.1. The monoisotopic (exact) mass is 283 g/mol. The summed E-state index contributed by atoms with van der Waals surface area (Å²) in [6.07, 6.45) is 1.03. The highest BCUT2D eigenvalue weighted by molar-refractivity contribution is 5.36. The van der Waals surface area contributed by atoms with E-state index in [1.165, 1.54) is 5.56 Å². The molecule has 3 atom stereocenters. The highest BCUT2D eigenvalue weighted by Gasteiger charge is 2.18. The van der Waals surface area contributed by atoms with Gasteiger partial charge in [-0.2, -0.15) is 0 Å². The molecule has 0 spiro atoms. The molecule has 0 saturated carbocycles. The van der Waals surface area contributed by atoms with Crippen molar-refractivity contribution in [2.75, 3.05) is 0 Å². The molecule has 0 heterocycles. The lowest BCUT2D eigenvalue weighted by atomic mass is 9.97. The van der Waals surface area contributed by atoms with Crippen molar-refractivity contribution < 1.29 is 4.74 Å². The van der Waals surface area contributed by atoms with E-state index >= 15 is 0 Å². The Bertz CT molecular complexity index is 553. The zero-order valence-electron chi connectivity index (χ0n) is 13.1. The molecule has 0 aromatic heterocycles. The largest absolute Gasteiger partial charge is 0.488 e. The van der Waals surface area contributed by atoms with Crippen molar-refractivity contribution >= 4 is 0 Å². The Morgan fingerprint density at radius 1 is 0.952 bits per heavy atom. The number of benzene rings is 2. The van der Waals surface area contributed by atoms with E-state index in [1.807, 2.05) is 49.4 Å². The van der Waals surface area contributed by atoms with Gasteiger partial charge in [0.25, 0.3) is 0 Å². The number of para-hydroxylation sites is 1. The quantitative estimate of drug-likeness (QED) is 0.836. The fourth-order valence-electron chi connectivity index (χ4n) is 2.43. The maximum Gasteiger partial charge on any atom is 0.123 e. The van der Waals surface area contributed by atoms with Crippen molar-refractivity contribution in [1.29, 1.82) is 0 Å². The molecule has 2 N–H and O–H groups in total. The summed E-state index contributed by atoms with van der Waals surface area (Å²) in [5, 5.41) is 0. The topological polar surface area (TPSA) is 35.2 Å². The number of rotatable bonds is 6. The SMILES string of the molecule is CCC(C)c1ccccc1OC(C)C(N)c1ccccc1. The Morgan fingerprint density at radius 3 is 2.24 bits per heavy atom. The van der Waals surface area contributed by atoms with Crippen LogP contribution in [0.1, 0.15) is 50.3 Å². The van der Waals surface area contributed by atoms with E-state index in [9.17, 15) is 0 Å². The van der Waals surface area contributed by atoms with Crippen LogP contribution in [0.3, 0.4) is 0 Å². The Hall–Kier alpha value is -1.80. The Kier molecular flexibility index (Phi) is 5.40. The first-order valence-corrected chi connectivity index (χ1v) is 7.69. The molecule has 0 bridgehead atoms. The average molecular weight is 283 g/mol. The van der Waals surface area contributed by atoms with Crippen LogP contribution in [-0.2, 0) is 0 Å². The highest BCUT2D eigenvalue weighted by atomic mass is 16.5. The third-order valence-corrected chi connectivity index (χ3v) is 4.07. The minimum absolute atomic E-state index is 0.0717. The Balaban J connectivity index is 2.14. The predicted octanol–water partition coefficient (Wildman–Crippen LogP) is 4.67. The van der Waals surface area contributed by atoms with Gasteiger partial charge in [-0.3, -0.25) is 0 Å². The lowest BCUT2D eigenvalue weighted by molar-refractivity contribution is 0.188. The summed E-state index contributed by atoms with van der Waals surface area (Å²) in [4.78, 5) is 0. The first-order valence-electron chi connectivity index (χ1n) is 7.69. The maximum absolute atomic E-state index is 6.32. The molecule has 0 amide bonds. The van der Waals surface area contributed by atoms with Crippen LogP contribution in [0.15, 0.2) is 54.6 Å². The minimum Gasteiger partial charge on any atom is -0.488 e. The van der Waals surface area contributed by atoms with Gasteiger partial charge >= 0.3 is 0 Å². The number of nitrogens with two attached hydrogens (primary N) is 1. The summed E-state index contributed by atoms with van der Waals surface area (Å²) >= 11 is 0. The fraction of sp³-hybridized carbons (Fsp3) is 0.368. The summed E-state index contributed by atoms with van der Waals surface area (Å²) in [5.41, 5.74) is 8.68. The van der Waals surface area contributed by atoms with Crippen LogP contribution in [0.2, 0.25) is 0 Å². The fourth-order valence-corrected chi connectivity index (χ4v) is 2.43. The van der Waals surface area contributed by atoms with Gasteiger partial charge in [0.1, 0.15) is 11.9 Å². The van der Waals surface area contributed by atoms with Gasteiger partial charge in [-0.05, 0) is 36.5 Å². The van der Waals surface area contributed by atoms with Crippen molar-refractivity contribution in [2.45, 2.75) is 45.3 Å². The van der Waals surface area contributed by atoms with E-state index in [-0.39, 0.29) is 12.1 Å². The molecule has 2 aromatic rings. The maximum atomic E-state index is 6.32. The second kappa shape index (κ2) is 7.28. The van der Waals surface area contributed by atoms with Gasteiger partial charge in [0.15, 0.2) is 0 Å². The van der Waals surface area contributed by atoms with Gasteiger partial charge in [-0.15, -0.1) is 0 Å². The molecule has 0 aliphatic heterocycles. The van der Waals surface area contributed by atoms with E-state index in [0.29, 0.717) is 5.92 Å².